The number of nitrogens with one attached hydrogen (secondary N) is 2. The molecule has 63 heavy (non-hydrogen) atoms. The van der Waals surface area contributed by atoms with Crippen LogP contribution in [0.5, 0.6) is 23.0 Å². The Balaban J connectivity index is 0.00000528. The van der Waals surface area contributed by atoms with Crippen LogP contribution in [-0.2, 0) is 25.0 Å². The van der Waals surface area contributed by atoms with E-state index in [-0.39, 0.29) is 106 Å². The second-order valence-electron chi connectivity index (χ2n) is 14.4. The third-order valence-corrected chi connectivity index (χ3v) is 11.4. The van der Waals surface area contributed by atoms with Crippen LogP contribution < -0.4 is 89.4 Å². The summed E-state index contributed by atoms with van der Waals surface area (Å²) in [5.74, 6) is -1.96. The maximum atomic E-state index is 13.6. The molecule has 5 rings (SSSR count). The van der Waals surface area contributed by atoms with Gasteiger partial charge in [0.05, 0.1) is 16.3 Å². The van der Waals surface area contributed by atoms with E-state index in [0.29, 0.717) is 28.8 Å². The van der Waals surface area contributed by atoms with Crippen LogP contribution >= 0.6 is 0 Å². The van der Waals surface area contributed by atoms with Crippen LogP contribution in [-0.4, -0.2) is 57.5 Å². The van der Waals surface area contributed by atoms with Crippen LogP contribution in [0.25, 0.3) is 21.5 Å². The van der Waals surface area contributed by atoms with Crippen LogP contribution in [0.3, 0.4) is 0 Å². The van der Waals surface area contributed by atoms with Gasteiger partial charge in [0.1, 0.15) is 29.6 Å². The molecule has 0 radical (unpaired) electrons. The SMILES string of the molecule is CCCCCCCCCCCCNC(=O)c1cc(OCCOc2ccc(N=Nc3c(S(=O)(=O)O)cc4cc(S(=O)(=O)O)cc(NC(C)=O)c4c3[O-])cc2)c2ccccc2c1[O-].[Na+].[Na+]. The van der Waals surface area contributed by atoms with Gasteiger partial charge in [0.25, 0.3) is 26.1 Å². The summed E-state index contributed by atoms with van der Waals surface area (Å²) in [5.41, 5.74) is -1.06. The van der Waals surface area contributed by atoms with Gasteiger partial charge in [0, 0.05) is 30.1 Å². The Kier molecular flexibility index (Phi) is 21.3. The molecule has 0 aliphatic carbocycles. The number of azo groups is 1. The van der Waals surface area contributed by atoms with Crippen LogP contribution in [0, 0.1) is 0 Å². The van der Waals surface area contributed by atoms with Gasteiger partial charge in [-0.05, 0) is 71.1 Å². The third kappa shape index (κ3) is 15.1. The number of hydrogen-bond donors (Lipinski definition) is 4. The smallest absolute Gasteiger partial charge is 0.872 e. The Morgan fingerprint density at radius 2 is 1.32 bits per heavy atom. The fourth-order valence-corrected chi connectivity index (χ4v) is 7.91. The predicted octanol–water partition coefficient (Wildman–Crippen LogP) is 2.12. The number of rotatable bonds is 22. The number of amides is 2. The summed E-state index contributed by atoms with van der Waals surface area (Å²) in [5, 5.41) is 40.0. The molecule has 0 saturated heterocycles. The number of hydrogen-bond acceptors (Lipinski definition) is 12. The zero-order chi connectivity index (χ0) is 44.2. The number of unbranched alkanes of at least 4 members (excludes halogenated alkanes) is 9. The van der Waals surface area contributed by atoms with Gasteiger partial charge in [-0.3, -0.25) is 18.7 Å². The molecule has 0 aromatic heterocycles. The zero-order valence-corrected chi connectivity index (χ0v) is 41.4. The molecule has 5 aromatic rings. The van der Waals surface area contributed by atoms with E-state index in [1.165, 1.54) is 75.3 Å². The molecule has 5 aromatic carbocycles. The van der Waals surface area contributed by atoms with E-state index in [4.69, 9.17) is 9.47 Å². The molecule has 0 saturated carbocycles. The van der Waals surface area contributed by atoms with Crippen molar-refractivity contribution in [1.82, 2.24) is 5.32 Å². The molecule has 4 N–H and O–H groups in total. The van der Waals surface area contributed by atoms with Crippen molar-refractivity contribution >= 4 is 70.7 Å². The fourth-order valence-electron chi connectivity index (χ4n) is 6.71. The molecule has 0 aliphatic rings. The molecule has 326 valence electrons. The molecule has 0 fully saturated rings. The quantitative estimate of drug-likeness (QED) is 0.0337. The molecule has 0 unspecified atom stereocenters. The van der Waals surface area contributed by atoms with Crippen LogP contribution in [0.1, 0.15) is 88.4 Å². The number of fused-ring (bicyclic) bond motifs is 2. The topological polar surface area (TPSA) is 256 Å². The van der Waals surface area contributed by atoms with Crippen molar-refractivity contribution in [3.05, 3.63) is 78.4 Å². The number of anilines is 1. The van der Waals surface area contributed by atoms with Crippen LogP contribution in [0.4, 0.5) is 17.1 Å². The van der Waals surface area contributed by atoms with Crippen molar-refractivity contribution in [2.24, 2.45) is 10.2 Å². The van der Waals surface area contributed by atoms with Gasteiger partial charge in [0.15, 0.2) is 0 Å². The van der Waals surface area contributed by atoms with E-state index < -0.39 is 53.3 Å². The first-order chi connectivity index (χ1) is 29.1. The second-order valence-corrected chi connectivity index (χ2v) is 17.2. The third-order valence-electron chi connectivity index (χ3n) is 9.72. The molecule has 0 spiro atoms. The Hall–Kier alpha value is -3.82. The number of carbonyl (C=O) groups excluding carboxylic acids is 2. The van der Waals surface area contributed by atoms with Gasteiger partial charge in [-0.2, -0.15) is 21.9 Å². The van der Waals surface area contributed by atoms with Crippen LogP contribution in [0.15, 0.2) is 92.8 Å². The monoisotopic (exact) mass is 922 g/mol. The Morgan fingerprint density at radius 3 is 1.92 bits per heavy atom. The average Bonchev–Trinajstić information content (AvgIpc) is 3.21. The summed E-state index contributed by atoms with van der Waals surface area (Å²) >= 11 is 0. The van der Waals surface area contributed by atoms with Gasteiger partial charge in [-0.25, -0.2) is 0 Å². The van der Waals surface area contributed by atoms with E-state index >= 15 is 0 Å². The molecule has 0 bridgehead atoms. The number of carbonyl (C=O) groups is 2. The van der Waals surface area contributed by atoms with E-state index in [2.05, 4.69) is 27.8 Å². The van der Waals surface area contributed by atoms with Crippen molar-refractivity contribution in [2.45, 2.75) is 87.8 Å². The number of benzene rings is 5. The normalized spacial score (nSPS) is 11.6. The Bertz CT molecular complexity index is 2630. The predicted molar refractivity (Wildman–Crippen MR) is 227 cm³/mol. The first kappa shape index (κ1) is 53.5. The summed E-state index contributed by atoms with van der Waals surface area (Å²) in [6.07, 6.45) is 11.7. The zero-order valence-electron chi connectivity index (χ0n) is 35.8. The number of nitrogens with zero attached hydrogens (tertiary/aromatic N) is 2. The minimum Gasteiger partial charge on any atom is -0.872 e. The number of ether oxygens (including phenoxy) is 2. The molecule has 0 heterocycles. The average molecular weight is 923 g/mol. The van der Waals surface area contributed by atoms with Crippen molar-refractivity contribution in [3.63, 3.8) is 0 Å². The Morgan fingerprint density at radius 1 is 0.714 bits per heavy atom. The molecule has 16 nitrogen and oxygen atoms in total. The summed E-state index contributed by atoms with van der Waals surface area (Å²) in [7, 11) is -9.99. The standard InChI is InChI=1S/C43H50N4O12S2.2Na/c1-3-4-5-6-7-8-9-10-11-14-21-44-43(51)35-27-37(33-15-12-13-16-34(33)41(35)49)59-23-22-58-31-19-17-30(18-20-31)46-47-40-38(61(55,56)57)25-29-24-32(60(52,53)54)26-36(45-28(2)48)39(29)42(40)50;;/h12-13,15-20,24-27,49-50H,3-11,14,21-23H2,1-2H3,(H,44,51)(H,45,48)(H,52,53,54)(H,55,56,57);;/q;2*+1/p-2. The molecular formula is C43H48N4Na2O12S2. The molecule has 0 atom stereocenters. The first-order valence-electron chi connectivity index (χ1n) is 19.9. The molecular weight excluding hydrogens is 875 g/mol. The first-order valence-corrected chi connectivity index (χ1v) is 22.8. The second kappa shape index (κ2) is 25.0. The van der Waals surface area contributed by atoms with Crippen molar-refractivity contribution in [2.75, 3.05) is 25.1 Å². The van der Waals surface area contributed by atoms with E-state index in [1.807, 2.05) is 0 Å². The molecule has 0 aliphatic heterocycles. The largest absolute Gasteiger partial charge is 1.00 e. The fraction of sp³-hybridized carbons (Fsp3) is 0.349. The van der Waals surface area contributed by atoms with Crippen molar-refractivity contribution in [1.29, 1.82) is 0 Å². The van der Waals surface area contributed by atoms with Gasteiger partial charge >= 0.3 is 59.1 Å². The van der Waals surface area contributed by atoms with Crippen LogP contribution in [0.2, 0.25) is 0 Å². The van der Waals surface area contributed by atoms with Crippen molar-refractivity contribution < 1.29 is 114 Å². The summed E-state index contributed by atoms with van der Waals surface area (Å²) in [6, 6.07) is 16.6. The maximum absolute atomic E-state index is 13.6. The summed E-state index contributed by atoms with van der Waals surface area (Å²) in [6.45, 7) is 3.85. The van der Waals surface area contributed by atoms with Crippen molar-refractivity contribution in [3.8, 4) is 23.0 Å². The van der Waals surface area contributed by atoms with E-state index in [0.717, 1.165) is 44.4 Å². The minimum atomic E-state index is -5.13. The van der Waals surface area contributed by atoms with E-state index in [1.54, 1.807) is 24.3 Å². The minimum absolute atomic E-state index is 0. The van der Waals surface area contributed by atoms with Gasteiger partial charge in [-0.15, -0.1) is 5.11 Å². The summed E-state index contributed by atoms with van der Waals surface area (Å²) in [4.78, 5) is 23.2. The van der Waals surface area contributed by atoms with E-state index in [9.17, 15) is 45.7 Å². The molecule has 20 heteroatoms. The van der Waals surface area contributed by atoms with Gasteiger partial charge in [0.2, 0.25) is 5.91 Å². The molecule has 2 amide bonds. The Labute approximate surface area is 411 Å². The van der Waals surface area contributed by atoms with Gasteiger partial charge in [-0.1, -0.05) is 100 Å². The van der Waals surface area contributed by atoms with Gasteiger partial charge < -0.3 is 30.3 Å². The maximum Gasteiger partial charge on any atom is 1.00 e. The summed E-state index contributed by atoms with van der Waals surface area (Å²) < 4.78 is 79.7.